The first kappa shape index (κ1) is 16.6. The Bertz CT molecular complexity index is 941. The average molecular weight is 356 g/mol. The van der Waals surface area contributed by atoms with Gasteiger partial charge in [0, 0.05) is 37.9 Å². The molecule has 0 atom stereocenters. The van der Waals surface area contributed by atoms with E-state index in [4.69, 9.17) is 0 Å². The predicted molar refractivity (Wildman–Crippen MR) is 95.9 cm³/mol. The second-order valence-electron chi connectivity index (χ2n) is 7.59. The summed E-state index contributed by atoms with van der Waals surface area (Å²) < 4.78 is 16.7. The number of hydrogen-bond acceptors (Lipinski definition) is 7. The van der Waals surface area contributed by atoms with Crippen molar-refractivity contribution in [3.8, 4) is 0 Å². The lowest BCUT2D eigenvalue weighted by Gasteiger charge is -2.45. The molecule has 0 saturated carbocycles. The Hall–Kier alpha value is -2.84. The smallest absolute Gasteiger partial charge is 0.203 e. The fourth-order valence-electron chi connectivity index (χ4n) is 3.14. The Morgan fingerprint density at radius 3 is 2.69 bits per heavy atom. The van der Waals surface area contributed by atoms with Crippen LogP contribution < -0.4 is 9.80 Å². The largest absolute Gasteiger partial charge is 0.351 e. The Balaban J connectivity index is 1.54. The molecule has 3 aromatic heterocycles. The number of likely N-dealkylation sites (N-methyl/N-ethyl adjacent to an activating group) is 1. The van der Waals surface area contributed by atoms with Gasteiger partial charge in [0.25, 0.3) is 0 Å². The highest BCUT2D eigenvalue weighted by molar-refractivity contribution is 5.65. The molecule has 4 heterocycles. The van der Waals surface area contributed by atoms with Gasteiger partial charge in [-0.3, -0.25) is 4.40 Å². The van der Waals surface area contributed by atoms with Gasteiger partial charge in [-0.15, -0.1) is 10.2 Å². The van der Waals surface area contributed by atoms with Crippen LogP contribution in [0.5, 0.6) is 0 Å². The Kier molecular flexibility index (Phi) is 3.74. The number of nitrogens with zero attached hydrogens (tertiary/aromatic N) is 8. The highest BCUT2D eigenvalue weighted by atomic mass is 19.1. The summed E-state index contributed by atoms with van der Waals surface area (Å²) in [6, 6.07) is 0.136. The van der Waals surface area contributed by atoms with Gasteiger partial charge in [-0.05, 0) is 0 Å². The van der Waals surface area contributed by atoms with E-state index in [0.717, 1.165) is 11.5 Å². The highest BCUT2D eigenvalue weighted by Gasteiger charge is 2.35. The fraction of sp³-hybridized carbons (Fsp3) is 0.471. The molecule has 0 radical (unpaired) electrons. The summed E-state index contributed by atoms with van der Waals surface area (Å²) in [6.07, 6.45) is 6.62. The van der Waals surface area contributed by atoms with Gasteiger partial charge in [0.15, 0.2) is 17.5 Å². The zero-order valence-electron chi connectivity index (χ0n) is 15.3. The van der Waals surface area contributed by atoms with Crippen molar-refractivity contribution in [2.45, 2.75) is 32.2 Å². The van der Waals surface area contributed by atoms with Crippen molar-refractivity contribution in [3.05, 3.63) is 36.6 Å². The first-order valence-electron chi connectivity index (χ1n) is 8.49. The van der Waals surface area contributed by atoms with Crippen molar-refractivity contribution < 1.29 is 4.39 Å². The standard InChI is InChI=1S/C17H21FN8/c1-17(2,3)13-12(18)14(21-9-20-13)24(4)11-7-26(8-11)15-16-23-22-10-25(16)6-5-19-15/h5-6,9-11H,7-8H2,1-4H3. The van der Waals surface area contributed by atoms with E-state index < -0.39 is 0 Å². The van der Waals surface area contributed by atoms with Crippen LogP contribution in [0.25, 0.3) is 5.65 Å². The summed E-state index contributed by atoms with van der Waals surface area (Å²) in [5, 5.41) is 8.04. The summed E-state index contributed by atoms with van der Waals surface area (Å²) in [4.78, 5) is 16.7. The molecule has 1 fully saturated rings. The summed E-state index contributed by atoms with van der Waals surface area (Å²) in [6.45, 7) is 7.25. The predicted octanol–water partition coefficient (Wildman–Crippen LogP) is 1.68. The van der Waals surface area contributed by atoms with Crippen molar-refractivity contribution >= 4 is 17.3 Å². The molecular weight excluding hydrogens is 335 g/mol. The molecule has 26 heavy (non-hydrogen) atoms. The van der Waals surface area contributed by atoms with Gasteiger partial charge in [0.2, 0.25) is 5.65 Å². The number of halogens is 1. The minimum Gasteiger partial charge on any atom is -0.351 e. The third kappa shape index (κ3) is 2.63. The highest BCUT2D eigenvalue weighted by Crippen LogP contribution is 2.30. The molecule has 1 aliphatic heterocycles. The topological polar surface area (TPSA) is 75.3 Å². The zero-order chi connectivity index (χ0) is 18.5. The third-order valence-electron chi connectivity index (χ3n) is 4.72. The quantitative estimate of drug-likeness (QED) is 0.707. The van der Waals surface area contributed by atoms with Gasteiger partial charge in [-0.2, -0.15) is 0 Å². The van der Waals surface area contributed by atoms with Crippen molar-refractivity contribution in [1.29, 1.82) is 0 Å². The summed E-state index contributed by atoms with van der Waals surface area (Å²) in [5.74, 6) is 0.773. The van der Waals surface area contributed by atoms with Crippen LogP contribution in [-0.4, -0.2) is 55.7 Å². The van der Waals surface area contributed by atoms with Gasteiger partial charge < -0.3 is 9.80 Å². The van der Waals surface area contributed by atoms with Crippen molar-refractivity contribution in [2.24, 2.45) is 0 Å². The minimum absolute atomic E-state index is 0.136. The molecule has 0 aromatic carbocycles. The maximum atomic E-state index is 14.9. The van der Waals surface area contributed by atoms with E-state index in [1.54, 1.807) is 12.5 Å². The molecule has 0 N–H and O–H groups in total. The summed E-state index contributed by atoms with van der Waals surface area (Å²) >= 11 is 0. The van der Waals surface area contributed by atoms with E-state index in [2.05, 4.69) is 30.0 Å². The van der Waals surface area contributed by atoms with Crippen LogP contribution >= 0.6 is 0 Å². The van der Waals surface area contributed by atoms with Crippen molar-refractivity contribution in [2.75, 3.05) is 29.9 Å². The monoisotopic (exact) mass is 356 g/mol. The average Bonchev–Trinajstić information content (AvgIpc) is 3.01. The molecule has 0 spiro atoms. The molecule has 4 rings (SSSR count). The molecular formula is C17H21FN8. The van der Waals surface area contributed by atoms with E-state index >= 15 is 0 Å². The molecule has 1 aliphatic rings. The van der Waals surface area contributed by atoms with Gasteiger partial charge in [-0.1, -0.05) is 20.8 Å². The third-order valence-corrected chi connectivity index (χ3v) is 4.72. The van der Waals surface area contributed by atoms with Crippen LogP contribution in [0.4, 0.5) is 16.0 Å². The number of anilines is 2. The molecule has 9 heteroatoms. The van der Waals surface area contributed by atoms with Crippen molar-refractivity contribution in [3.63, 3.8) is 0 Å². The van der Waals surface area contributed by atoms with Crippen LogP contribution in [0.2, 0.25) is 0 Å². The second kappa shape index (κ2) is 5.86. The van der Waals surface area contributed by atoms with Gasteiger partial charge in [0.1, 0.15) is 12.7 Å². The molecule has 1 saturated heterocycles. The minimum atomic E-state index is -0.374. The van der Waals surface area contributed by atoms with E-state index in [1.807, 2.05) is 43.3 Å². The molecule has 3 aromatic rings. The van der Waals surface area contributed by atoms with Gasteiger partial charge >= 0.3 is 0 Å². The van der Waals surface area contributed by atoms with E-state index in [-0.39, 0.29) is 17.3 Å². The van der Waals surface area contributed by atoms with E-state index in [1.165, 1.54) is 6.33 Å². The van der Waals surface area contributed by atoms with Crippen LogP contribution in [0.3, 0.4) is 0 Å². The second-order valence-corrected chi connectivity index (χ2v) is 7.59. The Morgan fingerprint density at radius 1 is 1.19 bits per heavy atom. The van der Waals surface area contributed by atoms with Crippen LogP contribution in [-0.2, 0) is 5.41 Å². The Morgan fingerprint density at radius 2 is 1.96 bits per heavy atom. The maximum absolute atomic E-state index is 14.9. The molecule has 0 amide bonds. The first-order chi connectivity index (χ1) is 12.4. The molecule has 0 unspecified atom stereocenters. The summed E-state index contributed by atoms with van der Waals surface area (Å²) in [5.41, 5.74) is 0.777. The lowest BCUT2D eigenvalue weighted by molar-refractivity contribution is 0.465. The van der Waals surface area contributed by atoms with Gasteiger partial charge in [0.05, 0.1) is 11.7 Å². The molecule has 0 aliphatic carbocycles. The SMILES string of the molecule is CN(c1ncnc(C(C)(C)C)c1F)C1CN(c2nccn3cnnc23)C1. The number of hydrogen-bond donors (Lipinski definition) is 0. The summed E-state index contributed by atoms with van der Waals surface area (Å²) in [7, 11) is 1.87. The van der Waals surface area contributed by atoms with Crippen LogP contribution in [0.15, 0.2) is 25.0 Å². The normalized spacial score (nSPS) is 15.3. The number of fused-ring (bicyclic) bond motifs is 1. The first-order valence-corrected chi connectivity index (χ1v) is 8.49. The van der Waals surface area contributed by atoms with Crippen LogP contribution in [0, 0.1) is 5.82 Å². The fourth-order valence-corrected chi connectivity index (χ4v) is 3.14. The Labute approximate surface area is 150 Å². The lowest BCUT2D eigenvalue weighted by Crippen LogP contribution is -2.59. The van der Waals surface area contributed by atoms with E-state index in [9.17, 15) is 4.39 Å². The number of aromatic nitrogens is 6. The lowest BCUT2D eigenvalue weighted by atomic mass is 9.91. The zero-order valence-corrected chi connectivity index (χ0v) is 15.3. The maximum Gasteiger partial charge on any atom is 0.203 e. The van der Waals surface area contributed by atoms with Crippen LogP contribution in [0.1, 0.15) is 26.5 Å². The number of rotatable bonds is 3. The van der Waals surface area contributed by atoms with Crippen molar-refractivity contribution in [1.82, 2.24) is 29.5 Å². The molecule has 136 valence electrons. The molecule has 0 bridgehead atoms. The molecule has 8 nitrogen and oxygen atoms in total. The van der Waals surface area contributed by atoms with E-state index in [0.29, 0.717) is 24.6 Å². The van der Waals surface area contributed by atoms with Gasteiger partial charge in [-0.25, -0.2) is 19.3 Å².